The van der Waals surface area contributed by atoms with E-state index in [1.165, 1.54) is 11.1 Å². The van der Waals surface area contributed by atoms with Gasteiger partial charge in [0.05, 0.1) is 16.2 Å². The Bertz CT molecular complexity index is 1290. The van der Waals surface area contributed by atoms with Crippen molar-refractivity contribution in [2.75, 3.05) is 18.9 Å². The van der Waals surface area contributed by atoms with Gasteiger partial charge in [0.15, 0.2) is 5.82 Å². The molecule has 0 saturated carbocycles. The second kappa shape index (κ2) is 7.55. The minimum Gasteiger partial charge on any atom is -0.338 e. The van der Waals surface area contributed by atoms with Crippen molar-refractivity contribution in [1.29, 1.82) is 0 Å². The minimum atomic E-state index is 0.132. The number of anilines is 2. The lowest BCUT2D eigenvalue weighted by molar-refractivity contribution is 0.236. The van der Waals surface area contributed by atoms with E-state index in [2.05, 4.69) is 69.2 Å². The van der Waals surface area contributed by atoms with E-state index < -0.39 is 0 Å². The zero-order valence-electron chi connectivity index (χ0n) is 17.7. The van der Waals surface area contributed by atoms with Gasteiger partial charge in [-0.1, -0.05) is 31.5 Å². The van der Waals surface area contributed by atoms with Crippen LogP contribution in [0, 0.1) is 0 Å². The molecule has 4 aromatic rings. The van der Waals surface area contributed by atoms with Crippen LogP contribution in [0.25, 0.3) is 22.3 Å². The van der Waals surface area contributed by atoms with Crippen molar-refractivity contribution in [2.24, 2.45) is 0 Å². The van der Waals surface area contributed by atoms with E-state index in [0.29, 0.717) is 22.1 Å². The molecule has 1 aromatic carbocycles. The summed E-state index contributed by atoms with van der Waals surface area (Å²) in [5.41, 5.74) is 6.80. The first-order chi connectivity index (χ1) is 14.9. The summed E-state index contributed by atoms with van der Waals surface area (Å²) in [7, 11) is 2.16. The van der Waals surface area contributed by atoms with Crippen molar-refractivity contribution < 1.29 is 0 Å². The van der Waals surface area contributed by atoms with Crippen molar-refractivity contribution in [2.45, 2.75) is 25.8 Å². The summed E-state index contributed by atoms with van der Waals surface area (Å²) in [6.45, 7) is 6.57. The Hall–Kier alpha value is -3.09. The molecule has 1 aliphatic heterocycles. The number of fused-ring (bicyclic) bond motifs is 2. The van der Waals surface area contributed by atoms with Gasteiger partial charge in [0.25, 0.3) is 0 Å². The first kappa shape index (κ1) is 19.8. The number of halogens is 1. The lowest BCUT2D eigenvalue weighted by atomic mass is 9.78. The van der Waals surface area contributed by atoms with Crippen molar-refractivity contribution >= 4 is 34.1 Å². The molecule has 5 rings (SSSR count). The zero-order chi connectivity index (χ0) is 21.6. The summed E-state index contributed by atoms with van der Waals surface area (Å²) in [5, 5.41) is 4.02. The van der Waals surface area contributed by atoms with Gasteiger partial charge in [-0.15, -0.1) is 0 Å². The quantitative estimate of drug-likeness (QED) is 0.481. The number of nitrogens with zero attached hydrogens (tertiary/aromatic N) is 5. The Morgan fingerprint density at radius 1 is 1.06 bits per heavy atom. The largest absolute Gasteiger partial charge is 0.338 e. The third-order valence-corrected chi connectivity index (χ3v) is 6.02. The summed E-state index contributed by atoms with van der Waals surface area (Å²) in [4.78, 5) is 20.2. The molecule has 7 heteroatoms. The van der Waals surface area contributed by atoms with E-state index in [0.717, 1.165) is 29.9 Å². The maximum Gasteiger partial charge on any atom is 0.160 e. The molecule has 0 bridgehead atoms. The van der Waals surface area contributed by atoms with E-state index in [-0.39, 0.29) is 5.41 Å². The average Bonchev–Trinajstić information content (AvgIpc) is 2.73. The van der Waals surface area contributed by atoms with Crippen LogP contribution in [0.5, 0.6) is 0 Å². The summed E-state index contributed by atoms with van der Waals surface area (Å²) in [6.07, 6.45) is 5.02. The molecule has 3 aromatic heterocycles. The summed E-state index contributed by atoms with van der Waals surface area (Å²) in [6, 6.07) is 12.1. The lowest BCUT2D eigenvalue weighted by Gasteiger charge is -2.38. The maximum absolute atomic E-state index is 6.30. The lowest BCUT2D eigenvalue weighted by Crippen LogP contribution is -2.39. The molecule has 0 radical (unpaired) electrons. The summed E-state index contributed by atoms with van der Waals surface area (Å²) < 4.78 is 0. The molecule has 1 N–H and O–H groups in total. The predicted octanol–water partition coefficient (Wildman–Crippen LogP) is 5.21. The normalized spacial score (nSPS) is 15.6. The third-order valence-electron chi connectivity index (χ3n) is 5.71. The standard InChI is InChI=1S/C24H23ClN6/c1-24(2)13-31(3)12-16-9-17(6-7-18(16)24)30-23-22-20(28-14-29-23)10-15(11-27-22)21-19(25)5-4-8-26-21/h4-11,14H,12-13H2,1-3H3,(H,28,29,30). The number of likely N-dealkylation sites (N-methyl/N-ethyl adjacent to an activating group) is 1. The van der Waals surface area contributed by atoms with Gasteiger partial charge < -0.3 is 10.2 Å². The zero-order valence-corrected chi connectivity index (χ0v) is 18.5. The van der Waals surface area contributed by atoms with Crippen LogP contribution in [0.15, 0.2) is 55.1 Å². The van der Waals surface area contributed by atoms with Gasteiger partial charge in [-0.2, -0.15) is 0 Å². The van der Waals surface area contributed by atoms with Crippen LogP contribution in [0.4, 0.5) is 11.5 Å². The first-order valence-electron chi connectivity index (χ1n) is 10.2. The molecule has 0 spiro atoms. The fourth-order valence-corrected chi connectivity index (χ4v) is 4.70. The number of hydrogen-bond donors (Lipinski definition) is 1. The molecule has 4 heterocycles. The monoisotopic (exact) mass is 430 g/mol. The Labute approximate surface area is 186 Å². The van der Waals surface area contributed by atoms with Gasteiger partial charge in [-0.25, -0.2) is 15.0 Å². The summed E-state index contributed by atoms with van der Waals surface area (Å²) in [5.74, 6) is 0.673. The molecule has 0 aliphatic carbocycles. The number of nitrogens with one attached hydrogen (secondary N) is 1. The number of pyridine rings is 2. The van der Waals surface area contributed by atoms with Crippen molar-refractivity contribution in [3.05, 3.63) is 71.3 Å². The molecule has 156 valence electrons. The Kier molecular flexibility index (Phi) is 4.84. The topological polar surface area (TPSA) is 66.8 Å². The van der Waals surface area contributed by atoms with E-state index in [1.807, 2.05) is 18.2 Å². The Morgan fingerprint density at radius 2 is 1.94 bits per heavy atom. The Morgan fingerprint density at radius 3 is 2.77 bits per heavy atom. The molecular formula is C24H23ClN6. The highest BCUT2D eigenvalue weighted by atomic mass is 35.5. The smallest absolute Gasteiger partial charge is 0.160 e. The molecule has 0 unspecified atom stereocenters. The molecule has 0 fully saturated rings. The van der Waals surface area contributed by atoms with Crippen molar-refractivity contribution in [1.82, 2.24) is 24.8 Å². The predicted molar refractivity (Wildman–Crippen MR) is 125 cm³/mol. The van der Waals surface area contributed by atoms with Crippen molar-refractivity contribution in [3.8, 4) is 11.3 Å². The number of hydrogen-bond acceptors (Lipinski definition) is 6. The molecule has 0 saturated heterocycles. The van der Waals surface area contributed by atoms with E-state index >= 15 is 0 Å². The average molecular weight is 431 g/mol. The fraction of sp³-hybridized carbons (Fsp3) is 0.250. The number of rotatable bonds is 3. The molecule has 0 atom stereocenters. The highest BCUT2D eigenvalue weighted by Gasteiger charge is 2.30. The van der Waals surface area contributed by atoms with Crippen LogP contribution in [-0.2, 0) is 12.0 Å². The molecule has 1 aliphatic rings. The van der Waals surface area contributed by atoms with E-state index in [9.17, 15) is 0 Å². The number of benzene rings is 1. The van der Waals surface area contributed by atoms with Gasteiger partial charge in [0, 0.05) is 42.1 Å². The molecule has 6 nitrogen and oxygen atoms in total. The van der Waals surface area contributed by atoms with Crippen LogP contribution in [0.1, 0.15) is 25.0 Å². The van der Waals surface area contributed by atoms with Gasteiger partial charge in [0.2, 0.25) is 0 Å². The van der Waals surface area contributed by atoms with Gasteiger partial charge in [0.1, 0.15) is 11.8 Å². The minimum absolute atomic E-state index is 0.132. The Balaban J connectivity index is 1.50. The highest BCUT2D eigenvalue weighted by Crippen LogP contribution is 2.35. The number of aromatic nitrogens is 4. The van der Waals surface area contributed by atoms with Crippen LogP contribution in [0.3, 0.4) is 0 Å². The molecule has 31 heavy (non-hydrogen) atoms. The highest BCUT2D eigenvalue weighted by molar-refractivity contribution is 6.33. The SMILES string of the molecule is CN1Cc2cc(Nc3ncnc4cc(-c5ncccc5Cl)cnc34)ccc2C(C)(C)C1. The van der Waals surface area contributed by atoms with Gasteiger partial charge in [-0.3, -0.25) is 4.98 Å². The van der Waals surface area contributed by atoms with Crippen molar-refractivity contribution in [3.63, 3.8) is 0 Å². The molecular weight excluding hydrogens is 408 g/mol. The molecule has 0 amide bonds. The van der Waals surface area contributed by atoms with E-state index in [1.54, 1.807) is 18.7 Å². The maximum atomic E-state index is 6.30. The van der Waals surface area contributed by atoms with Crippen LogP contribution in [0.2, 0.25) is 5.02 Å². The fourth-order valence-electron chi connectivity index (χ4n) is 4.47. The third kappa shape index (κ3) is 3.73. The van der Waals surface area contributed by atoms with Crippen LogP contribution < -0.4 is 5.32 Å². The van der Waals surface area contributed by atoms with Crippen LogP contribution in [-0.4, -0.2) is 38.4 Å². The van der Waals surface area contributed by atoms with E-state index in [4.69, 9.17) is 11.6 Å². The van der Waals surface area contributed by atoms with Crippen LogP contribution >= 0.6 is 11.6 Å². The first-order valence-corrected chi connectivity index (χ1v) is 10.6. The summed E-state index contributed by atoms with van der Waals surface area (Å²) >= 11 is 6.30. The second-order valence-corrected chi connectivity index (χ2v) is 9.11. The van der Waals surface area contributed by atoms with Gasteiger partial charge >= 0.3 is 0 Å². The second-order valence-electron chi connectivity index (χ2n) is 8.70. The van der Waals surface area contributed by atoms with Gasteiger partial charge in [-0.05, 0) is 48.5 Å².